The van der Waals surface area contributed by atoms with Crippen molar-refractivity contribution >= 4 is 19.4 Å². The van der Waals surface area contributed by atoms with Gasteiger partial charge in [-0.1, -0.05) is 0 Å². The van der Waals surface area contributed by atoms with Gasteiger partial charge in [-0.3, -0.25) is 0 Å². The fourth-order valence-corrected chi connectivity index (χ4v) is 1.84. The molecule has 0 saturated carbocycles. The zero-order chi connectivity index (χ0) is 8.81. The van der Waals surface area contributed by atoms with E-state index in [9.17, 15) is 0 Å². The summed E-state index contributed by atoms with van der Waals surface area (Å²) in [7, 11) is 0. The predicted octanol–water partition coefficient (Wildman–Crippen LogP) is 0.278. The Morgan fingerprint density at radius 3 is 2.58 bits per heavy atom. The Bertz CT molecular complexity index is 292. The van der Waals surface area contributed by atoms with Gasteiger partial charge in [0.15, 0.2) is 0 Å². The van der Waals surface area contributed by atoms with Crippen molar-refractivity contribution in [2.75, 3.05) is 6.61 Å². The van der Waals surface area contributed by atoms with Gasteiger partial charge in [-0.05, 0) is 0 Å². The van der Waals surface area contributed by atoms with Gasteiger partial charge in [-0.2, -0.15) is 0 Å². The average Bonchev–Trinajstić information content (AvgIpc) is 2.09. The Morgan fingerprint density at radius 1 is 1.33 bits per heavy atom. The van der Waals surface area contributed by atoms with Gasteiger partial charge in [0.2, 0.25) is 0 Å². The van der Waals surface area contributed by atoms with Crippen LogP contribution in [0, 0.1) is 17.7 Å². The van der Waals surface area contributed by atoms with Crippen LogP contribution in [0.5, 0.6) is 0 Å². The molecular formula is C10H10OSe. The van der Waals surface area contributed by atoms with E-state index in [4.69, 9.17) is 5.11 Å². The van der Waals surface area contributed by atoms with E-state index in [0.29, 0.717) is 0 Å². The number of aliphatic hydroxyl groups excluding tert-OH is 1. The van der Waals surface area contributed by atoms with Crippen LogP contribution >= 0.6 is 0 Å². The minimum atomic E-state index is -0.0341. The SMILES string of the molecule is Cc1ccc([Se]C#CCO)cc1. The van der Waals surface area contributed by atoms with E-state index < -0.39 is 0 Å². The summed E-state index contributed by atoms with van der Waals surface area (Å²) in [5.41, 5.74) is 1.27. The van der Waals surface area contributed by atoms with Crippen LogP contribution in [0.3, 0.4) is 0 Å². The van der Waals surface area contributed by atoms with Crippen LogP contribution in [0.25, 0.3) is 0 Å². The molecule has 12 heavy (non-hydrogen) atoms. The molecule has 0 aliphatic heterocycles. The molecule has 62 valence electrons. The Labute approximate surface area is 79.0 Å². The molecule has 0 heterocycles. The van der Waals surface area contributed by atoms with E-state index >= 15 is 0 Å². The Kier molecular flexibility index (Phi) is 3.90. The predicted molar refractivity (Wildman–Crippen MR) is 51.4 cm³/mol. The molecule has 0 spiro atoms. The third kappa shape index (κ3) is 3.11. The molecule has 1 nitrogen and oxygen atoms in total. The number of aryl methyl sites for hydroxylation is 1. The summed E-state index contributed by atoms with van der Waals surface area (Å²) in [6.45, 7) is 2.03. The number of benzene rings is 1. The van der Waals surface area contributed by atoms with Crippen molar-refractivity contribution in [2.45, 2.75) is 6.92 Å². The van der Waals surface area contributed by atoms with Crippen LogP contribution in [-0.2, 0) is 0 Å². The second-order valence-electron chi connectivity index (χ2n) is 2.35. The van der Waals surface area contributed by atoms with Crippen LogP contribution in [0.4, 0.5) is 0 Å². The number of hydrogen-bond acceptors (Lipinski definition) is 1. The van der Waals surface area contributed by atoms with Crippen LogP contribution < -0.4 is 4.46 Å². The first-order valence-corrected chi connectivity index (χ1v) is 5.36. The number of hydrogen-bond donors (Lipinski definition) is 1. The molecule has 0 saturated heterocycles. The molecule has 0 atom stereocenters. The average molecular weight is 225 g/mol. The van der Waals surface area contributed by atoms with Crippen molar-refractivity contribution in [3.05, 3.63) is 29.8 Å². The maximum atomic E-state index is 8.42. The number of aliphatic hydroxyl groups is 1. The molecule has 0 aromatic heterocycles. The fraction of sp³-hybridized carbons (Fsp3) is 0.200. The van der Waals surface area contributed by atoms with Crippen LogP contribution in [0.1, 0.15) is 5.56 Å². The molecule has 1 rings (SSSR count). The third-order valence-corrected chi connectivity index (χ3v) is 2.92. The van der Waals surface area contributed by atoms with Crippen LogP contribution in [0.2, 0.25) is 0 Å². The van der Waals surface area contributed by atoms with Crippen molar-refractivity contribution in [2.24, 2.45) is 0 Å². The normalized spacial score (nSPS) is 8.83. The number of rotatable bonds is 1. The van der Waals surface area contributed by atoms with E-state index in [-0.39, 0.29) is 21.6 Å². The van der Waals surface area contributed by atoms with E-state index in [1.807, 2.05) is 0 Å². The van der Waals surface area contributed by atoms with E-state index in [1.54, 1.807) is 0 Å². The molecule has 0 aliphatic rings. The quantitative estimate of drug-likeness (QED) is 0.537. The van der Waals surface area contributed by atoms with Crippen molar-refractivity contribution < 1.29 is 5.11 Å². The van der Waals surface area contributed by atoms with E-state index in [1.165, 1.54) is 10.0 Å². The molecule has 1 N–H and O–H groups in total. The van der Waals surface area contributed by atoms with Gasteiger partial charge in [-0.25, -0.2) is 0 Å². The second kappa shape index (κ2) is 5.00. The molecule has 0 radical (unpaired) electrons. The van der Waals surface area contributed by atoms with Crippen molar-refractivity contribution in [3.8, 4) is 10.7 Å². The topological polar surface area (TPSA) is 20.2 Å². The molecule has 0 aliphatic carbocycles. The van der Waals surface area contributed by atoms with Gasteiger partial charge in [0.25, 0.3) is 0 Å². The van der Waals surface area contributed by atoms with Crippen molar-refractivity contribution in [1.82, 2.24) is 0 Å². The van der Waals surface area contributed by atoms with Gasteiger partial charge in [-0.15, -0.1) is 0 Å². The van der Waals surface area contributed by atoms with Gasteiger partial charge in [0.05, 0.1) is 0 Å². The first-order valence-electron chi connectivity index (χ1n) is 3.65. The summed E-state index contributed by atoms with van der Waals surface area (Å²) < 4.78 is 1.26. The zero-order valence-corrected chi connectivity index (χ0v) is 8.59. The minimum absolute atomic E-state index is 0.0341. The maximum absolute atomic E-state index is 8.42. The molecular weight excluding hydrogens is 215 g/mol. The summed E-state index contributed by atoms with van der Waals surface area (Å²) in [4.78, 5) is 2.93. The van der Waals surface area contributed by atoms with Gasteiger partial charge >= 0.3 is 78.6 Å². The monoisotopic (exact) mass is 226 g/mol. The Morgan fingerprint density at radius 2 is 2.00 bits per heavy atom. The Balaban J connectivity index is 2.59. The van der Waals surface area contributed by atoms with Crippen molar-refractivity contribution in [1.29, 1.82) is 0 Å². The third-order valence-electron chi connectivity index (χ3n) is 1.34. The van der Waals surface area contributed by atoms with Crippen LogP contribution in [-0.4, -0.2) is 26.7 Å². The Hall–Kier alpha value is -0.741. The van der Waals surface area contributed by atoms with Gasteiger partial charge in [0, 0.05) is 0 Å². The molecule has 0 fully saturated rings. The molecule has 2 heteroatoms. The second-order valence-corrected chi connectivity index (χ2v) is 4.20. The summed E-state index contributed by atoms with van der Waals surface area (Å²) in [5.74, 6) is 2.64. The first kappa shape index (κ1) is 9.35. The van der Waals surface area contributed by atoms with Crippen molar-refractivity contribution in [3.63, 3.8) is 0 Å². The molecule has 1 aromatic carbocycles. The van der Waals surface area contributed by atoms with E-state index in [2.05, 4.69) is 41.9 Å². The summed E-state index contributed by atoms with van der Waals surface area (Å²) >= 11 is 0.191. The van der Waals surface area contributed by atoms with Gasteiger partial charge < -0.3 is 0 Å². The molecule has 0 bridgehead atoms. The standard InChI is InChI=1S/C10H10OSe/c1-9-3-5-10(6-4-9)12-8-2-7-11/h3-6,11H,7H2,1H3. The summed E-state index contributed by atoms with van der Waals surface area (Å²) in [5, 5.41) is 8.42. The zero-order valence-electron chi connectivity index (χ0n) is 6.87. The van der Waals surface area contributed by atoms with Crippen LogP contribution in [0.15, 0.2) is 24.3 Å². The molecule has 0 unspecified atom stereocenters. The molecule has 0 amide bonds. The first-order chi connectivity index (χ1) is 5.83. The summed E-state index contributed by atoms with van der Waals surface area (Å²) in [6.07, 6.45) is 0. The molecule has 1 aromatic rings. The summed E-state index contributed by atoms with van der Waals surface area (Å²) in [6, 6.07) is 8.33. The fourth-order valence-electron chi connectivity index (χ4n) is 0.734. The van der Waals surface area contributed by atoms with E-state index in [0.717, 1.165) is 0 Å². The van der Waals surface area contributed by atoms with Gasteiger partial charge in [0.1, 0.15) is 0 Å².